The highest BCUT2D eigenvalue weighted by atomic mass is 79.9. The molecule has 0 saturated carbocycles. The van der Waals surface area contributed by atoms with Crippen molar-refractivity contribution in [3.05, 3.63) is 44.9 Å². The zero-order chi connectivity index (χ0) is 20.7. The molecule has 4 rings (SSSR count). The first kappa shape index (κ1) is 19.8. The largest absolute Gasteiger partial charge is 0.288 e. The maximum atomic E-state index is 13.1. The fourth-order valence-corrected chi connectivity index (χ4v) is 4.77. The number of hydrogen-bond acceptors (Lipinski definition) is 4. The second kappa shape index (κ2) is 7.71. The van der Waals surface area contributed by atoms with Crippen LogP contribution in [-0.4, -0.2) is 35.1 Å². The number of benzene rings is 2. The van der Waals surface area contributed by atoms with Crippen molar-refractivity contribution in [2.45, 2.75) is 45.4 Å². The van der Waals surface area contributed by atoms with Gasteiger partial charge in [-0.15, -0.1) is 0 Å². The molecule has 6 nitrogen and oxygen atoms in total. The van der Waals surface area contributed by atoms with Gasteiger partial charge in [0.05, 0.1) is 5.56 Å². The molecule has 0 atom stereocenters. The number of nitrogens with one attached hydrogen (secondary N) is 1. The summed E-state index contributed by atoms with van der Waals surface area (Å²) in [5.74, 6) is -1.80. The Hall–Kier alpha value is -2.54. The molecular formula is C22H21BrN2O4. The number of amides is 4. The zero-order valence-electron chi connectivity index (χ0n) is 16.1. The third-order valence-corrected chi connectivity index (χ3v) is 6.25. The average Bonchev–Trinajstić information content (AvgIpc) is 2.69. The van der Waals surface area contributed by atoms with Gasteiger partial charge in [0, 0.05) is 38.5 Å². The lowest BCUT2D eigenvalue weighted by molar-refractivity contribution is 0.0605. The molecule has 0 radical (unpaired) electrons. The summed E-state index contributed by atoms with van der Waals surface area (Å²) in [5, 5.41) is 3.08. The highest BCUT2D eigenvalue weighted by Gasteiger charge is 2.37. The fourth-order valence-electron chi connectivity index (χ4n) is 4.16. The van der Waals surface area contributed by atoms with Crippen molar-refractivity contribution in [2.75, 3.05) is 6.54 Å². The topological polar surface area (TPSA) is 83.6 Å². The van der Waals surface area contributed by atoms with Gasteiger partial charge in [-0.25, -0.2) is 0 Å². The summed E-state index contributed by atoms with van der Waals surface area (Å²) in [5.41, 5.74) is 1.29. The number of unbranched alkanes of at least 4 members (excludes halogenated alkanes) is 5. The Morgan fingerprint density at radius 2 is 1.48 bits per heavy atom. The molecule has 4 amide bonds. The van der Waals surface area contributed by atoms with Crippen molar-refractivity contribution in [2.24, 2.45) is 0 Å². The third kappa shape index (κ3) is 3.17. The number of imide groups is 2. The first-order valence-electron chi connectivity index (χ1n) is 9.96. The van der Waals surface area contributed by atoms with E-state index in [1.54, 1.807) is 18.2 Å². The molecule has 150 valence electrons. The minimum Gasteiger partial charge on any atom is -0.288 e. The number of halogens is 1. The molecule has 29 heavy (non-hydrogen) atoms. The molecule has 0 aromatic heterocycles. The summed E-state index contributed by atoms with van der Waals surface area (Å²) >= 11 is 3.37. The van der Waals surface area contributed by atoms with Gasteiger partial charge in [0.15, 0.2) is 0 Å². The summed E-state index contributed by atoms with van der Waals surface area (Å²) in [6.45, 7) is 2.53. The van der Waals surface area contributed by atoms with E-state index >= 15 is 0 Å². The standard InChI is InChI=1S/C22H21BrN2O4/c1-2-3-4-5-6-7-10-25-21(28)13-9-8-12-17-16(13)14(22(25)29)11-15(23)18(17)20(27)24-19(12)26/h8-9,11H,2-7,10H2,1H3,(H,24,26,27). The highest BCUT2D eigenvalue weighted by Crippen LogP contribution is 2.39. The number of rotatable bonds is 7. The Kier molecular flexibility index (Phi) is 5.25. The molecule has 0 fully saturated rings. The Balaban J connectivity index is 1.72. The predicted molar refractivity (Wildman–Crippen MR) is 112 cm³/mol. The van der Waals surface area contributed by atoms with Gasteiger partial charge in [0.25, 0.3) is 23.6 Å². The molecule has 2 aliphatic heterocycles. The van der Waals surface area contributed by atoms with Crippen LogP contribution in [0.3, 0.4) is 0 Å². The van der Waals surface area contributed by atoms with Crippen LogP contribution in [0.25, 0.3) is 10.8 Å². The second-order valence-corrected chi connectivity index (χ2v) is 8.36. The third-order valence-electron chi connectivity index (χ3n) is 5.62. The van der Waals surface area contributed by atoms with Crippen LogP contribution in [0.4, 0.5) is 0 Å². The van der Waals surface area contributed by atoms with Gasteiger partial charge in [0.1, 0.15) is 0 Å². The first-order valence-corrected chi connectivity index (χ1v) is 10.8. The van der Waals surface area contributed by atoms with Crippen molar-refractivity contribution < 1.29 is 19.2 Å². The number of carbonyl (C=O) groups excluding carboxylic acids is 4. The molecule has 2 heterocycles. The van der Waals surface area contributed by atoms with Gasteiger partial charge in [-0.05, 0) is 40.5 Å². The Bertz CT molecular complexity index is 1080. The number of hydrogen-bond donors (Lipinski definition) is 1. The van der Waals surface area contributed by atoms with Crippen molar-refractivity contribution >= 4 is 50.3 Å². The van der Waals surface area contributed by atoms with Crippen molar-refractivity contribution in [3.63, 3.8) is 0 Å². The van der Waals surface area contributed by atoms with Crippen LogP contribution in [-0.2, 0) is 0 Å². The summed E-state index contributed by atoms with van der Waals surface area (Å²) in [6, 6.07) is 4.72. The van der Waals surface area contributed by atoms with Crippen LogP contribution in [0.2, 0.25) is 0 Å². The molecule has 0 spiro atoms. The van der Waals surface area contributed by atoms with Crippen molar-refractivity contribution in [1.29, 1.82) is 0 Å². The van der Waals surface area contributed by atoms with Gasteiger partial charge < -0.3 is 0 Å². The average molecular weight is 457 g/mol. The molecule has 2 aromatic rings. The van der Waals surface area contributed by atoms with Crippen LogP contribution in [0, 0.1) is 0 Å². The van der Waals surface area contributed by atoms with E-state index in [0.717, 1.165) is 25.7 Å². The zero-order valence-corrected chi connectivity index (χ0v) is 17.7. The summed E-state index contributed by atoms with van der Waals surface area (Å²) in [6.07, 6.45) is 6.35. The van der Waals surface area contributed by atoms with Gasteiger partial charge in [-0.3, -0.25) is 29.4 Å². The highest BCUT2D eigenvalue weighted by molar-refractivity contribution is 9.10. The van der Waals surface area contributed by atoms with Crippen molar-refractivity contribution in [1.82, 2.24) is 10.2 Å². The van der Waals surface area contributed by atoms with E-state index in [2.05, 4.69) is 28.2 Å². The van der Waals surface area contributed by atoms with Crippen molar-refractivity contribution in [3.8, 4) is 0 Å². The monoisotopic (exact) mass is 456 g/mol. The smallest absolute Gasteiger partial charge is 0.261 e. The van der Waals surface area contributed by atoms with Gasteiger partial charge in [-0.2, -0.15) is 0 Å². The second-order valence-electron chi connectivity index (χ2n) is 7.50. The Labute approximate surface area is 176 Å². The van der Waals surface area contributed by atoms with Gasteiger partial charge >= 0.3 is 0 Å². The molecular weight excluding hydrogens is 436 g/mol. The normalized spacial score (nSPS) is 15.3. The van der Waals surface area contributed by atoms with Crippen LogP contribution in [0.15, 0.2) is 22.7 Å². The summed E-state index contributed by atoms with van der Waals surface area (Å²) in [4.78, 5) is 52.1. The van der Waals surface area contributed by atoms with E-state index in [4.69, 9.17) is 0 Å². The van der Waals surface area contributed by atoms with Gasteiger partial charge in [0.2, 0.25) is 0 Å². The van der Waals surface area contributed by atoms with E-state index in [0.29, 0.717) is 38.5 Å². The lowest BCUT2D eigenvalue weighted by Crippen LogP contribution is -2.42. The fraction of sp³-hybridized carbons (Fsp3) is 0.364. The SMILES string of the molecule is CCCCCCCCN1C(=O)c2ccc3c4c(c(Br)cc(c24)C1=O)C(=O)NC3=O. The van der Waals surface area contributed by atoms with Crippen LogP contribution in [0.5, 0.6) is 0 Å². The molecule has 0 aliphatic carbocycles. The first-order chi connectivity index (χ1) is 14.0. The number of nitrogens with zero attached hydrogens (tertiary/aromatic N) is 1. The number of carbonyl (C=O) groups is 4. The minimum absolute atomic E-state index is 0.283. The van der Waals surface area contributed by atoms with E-state index in [1.807, 2.05) is 0 Å². The molecule has 0 bridgehead atoms. The lowest BCUT2D eigenvalue weighted by atomic mass is 9.86. The maximum Gasteiger partial charge on any atom is 0.261 e. The van der Waals surface area contributed by atoms with E-state index < -0.39 is 11.8 Å². The predicted octanol–water partition coefficient (Wildman–Crippen LogP) is 4.44. The van der Waals surface area contributed by atoms with Crippen LogP contribution >= 0.6 is 15.9 Å². The lowest BCUT2D eigenvalue weighted by Gasteiger charge is -2.29. The molecule has 0 saturated heterocycles. The van der Waals surface area contributed by atoms with E-state index in [1.165, 1.54) is 17.7 Å². The summed E-state index contributed by atoms with van der Waals surface area (Å²) < 4.78 is 0.436. The molecule has 1 N–H and O–H groups in total. The Morgan fingerprint density at radius 3 is 2.24 bits per heavy atom. The quantitative estimate of drug-likeness (QED) is 0.492. The molecule has 0 unspecified atom stereocenters. The van der Waals surface area contributed by atoms with Crippen LogP contribution < -0.4 is 5.32 Å². The minimum atomic E-state index is -0.535. The molecule has 2 aromatic carbocycles. The van der Waals surface area contributed by atoms with Crippen LogP contribution in [0.1, 0.15) is 86.9 Å². The molecule has 2 aliphatic rings. The molecule has 7 heteroatoms. The van der Waals surface area contributed by atoms with E-state index in [-0.39, 0.29) is 17.4 Å². The maximum absolute atomic E-state index is 13.1. The van der Waals surface area contributed by atoms with E-state index in [9.17, 15) is 19.2 Å². The Morgan fingerprint density at radius 1 is 0.828 bits per heavy atom. The summed E-state index contributed by atoms with van der Waals surface area (Å²) in [7, 11) is 0. The van der Waals surface area contributed by atoms with Gasteiger partial charge in [-0.1, -0.05) is 39.0 Å².